The van der Waals surface area contributed by atoms with Crippen molar-refractivity contribution in [2.24, 2.45) is 5.92 Å². The Kier molecular flexibility index (Phi) is 5.94. The van der Waals surface area contributed by atoms with Crippen LogP contribution in [-0.4, -0.2) is 36.6 Å². The van der Waals surface area contributed by atoms with Gasteiger partial charge < -0.3 is 4.90 Å². The fourth-order valence-electron chi connectivity index (χ4n) is 2.74. The normalized spacial score (nSPS) is 24.5. The van der Waals surface area contributed by atoms with Gasteiger partial charge in [-0.25, -0.2) is 0 Å². The van der Waals surface area contributed by atoms with E-state index < -0.39 is 0 Å². The minimum absolute atomic E-state index is 0.292. The summed E-state index contributed by atoms with van der Waals surface area (Å²) in [5.41, 5.74) is -0.292. The van der Waals surface area contributed by atoms with E-state index in [1.165, 1.54) is 19.5 Å². The van der Waals surface area contributed by atoms with Crippen molar-refractivity contribution in [1.82, 2.24) is 10.2 Å². The van der Waals surface area contributed by atoms with Crippen molar-refractivity contribution in [3.8, 4) is 6.07 Å². The first-order chi connectivity index (χ1) is 8.15. The molecule has 98 valence electrons. The summed E-state index contributed by atoms with van der Waals surface area (Å²) in [6.45, 7) is 11.0. The number of nitriles is 1. The van der Waals surface area contributed by atoms with Gasteiger partial charge >= 0.3 is 0 Å². The van der Waals surface area contributed by atoms with Gasteiger partial charge in [0.05, 0.1) is 6.07 Å². The summed E-state index contributed by atoms with van der Waals surface area (Å²) >= 11 is 0. The van der Waals surface area contributed by atoms with Crippen LogP contribution in [0.5, 0.6) is 0 Å². The van der Waals surface area contributed by atoms with E-state index in [4.69, 9.17) is 0 Å². The highest BCUT2D eigenvalue weighted by molar-refractivity contribution is 5.06. The molecular weight excluding hydrogens is 210 g/mol. The predicted molar refractivity (Wildman–Crippen MR) is 71.8 cm³/mol. The van der Waals surface area contributed by atoms with E-state index in [-0.39, 0.29) is 5.54 Å². The van der Waals surface area contributed by atoms with E-state index in [1.807, 2.05) is 0 Å². The van der Waals surface area contributed by atoms with E-state index in [1.54, 1.807) is 0 Å². The van der Waals surface area contributed by atoms with Crippen molar-refractivity contribution in [1.29, 1.82) is 5.26 Å². The molecule has 1 N–H and O–H groups in total. The molecular formula is C14H27N3. The van der Waals surface area contributed by atoms with Gasteiger partial charge in [-0.3, -0.25) is 5.32 Å². The lowest BCUT2D eigenvalue weighted by molar-refractivity contribution is 0.291. The van der Waals surface area contributed by atoms with Crippen LogP contribution in [0.15, 0.2) is 0 Å². The van der Waals surface area contributed by atoms with E-state index in [0.717, 1.165) is 38.3 Å². The van der Waals surface area contributed by atoms with Gasteiger partial charge in [0.2, 0.25) is 0 Å². The third-order valence-electron chi connectivity index (χ3n) is 3.92. The highest BCUT2D eigenvalue weighted by Crippen LogP contribution is 2.19. The van der Waals surface area contributed by atoms with Crippen LogP contribution in [0.3, 0.4) is 0 Å². The highest BCUT2D eigenvalue weighted by Gasteiger charge is 2.26. The Morgan fingerprint density at radius 1 is 1.47 bits per heavy atom. The molecule has 17 heavy (non-hydrogen) atoms. The second-order valence-corrected chi connectivity index (χ2v) is 5.38. The summed E-state index contributed by atoms with van der Waals surface area (Å²) in [6.07, 6.45) is 4.33. The summed E-state index contributed by atoms with van der Waals surface area (Å²) < 4.78 is 0. The van der Waals surface area contributed by atoms with E-state index in [2.05, 4.69) is 37.1 Å². The highest BCUT2D eigenvalue weighted by atomic mass is 15.1. The first kappa shape index (κ1) is 14.5. The molecule has 0 spiro atoms. The van der Waals surface area contributed by atoms with Crippen LogP contribution in [0.25, 0.3) is 0 Å². The zero-order valence-electron chi connectivity index (χ0n) is 11.6. The topological polar surface area (TPSA) is 39.1 Å². The van der Waals surface area contributed by atoms with E-state index in [9.17, 15) is 5.26 Å². The third kappa shape index (κ3) is 4.29. The summed E-state index contributed by atoms with van der Waals surface area (Å²) in [7, 11) is 0. The zero-order chi connectivity index (χ0) is 12.7. The summed E-state index contributed by atoms with van der Waals surface area (Å²) in [6, 6.07) is 2.47. The van der Waals surface area contributed by atoms with Gasteiger partial charge in [-0.2, -0.15) is 5.26 Å². The molecule has 3 nitrogen and oxygen atoms in total. The van der Waals surface area contributed by atoms with Gasteiger partial charge in [-0.1, -0.05) is 20.8 Å². The summed E-state index contributed by atoms with van der Waals surface area (Å²) in [5.74, 6) is 0.857. The van der Waals surface area contributed by atoms with E-state index >= 15 is 0 Å². The fourth-order valence-corrected chi connectivity index (χ4v) is 2.74. The van der Waals surface area contributed by atoms with Crippen molar-refractivity contribution in [2.75, 3.05) is 26.2 Å². The molecule has 1 fully saturated rings. The van der Waals surface area contributed by atoms with Crippen LogP contribution in [0.4, 0.5) is 0 Å². The standard InChI is InChI=1S/C14H27N3/c1-4-14(12-15,16-5-2)8-6-9-17-10-7-13(3)11-17/h13,16H,4-11H2,1-3H3. The van der Waals surface area contributed by atoms with Crippen molar-refractivity contribution in [2.45, 2.75) is 52.0 Å². The van der Waals surface area contributed by atoms with E-state index in [0.29, 0.717) is 0 Å². The van der Waals surface area contributed by atoms with Crippen molar-refractivity contribution < 1.29 is 0 Å². The molecule has 0 aromatic heterocycles. The Balaban J connectivity index is 2.30. The van der Waals surface area contributed by atoms with Crippen molar-refractivity contribution in [3.63, 3.8) is 0 Å². The van der Waals surface area contributed by atoms with Crippen LogP contribution in [0.1, 0.15) is 46.5 Å². The van der Waals surface area contributed by atoms with Crippen molar-refractivity contribution in [3.05, 3.63) is 0 Å². The Morgan fingerprint density at radius 2 is 2.24 bits per heavy atom. The van der Waals surface area contributed by atoms with Gasteiger partial charge in [0.1, 0.15) is 5.54 Å². The molecule has 0 aromatic rings. The monoisotopic (exact) mass is 237 g/mol. The molecule has 1 heterocycles. The lowest BCUT2D eigenvalue weighted by Crippen LogP contribution is -2.43. The molecule has 0 amide bonds. The molecule has 0 bridgehead atoms. The molecule has 1 aliphatic rings. The number of hydrogen-bond acceptors (Lipinski definition) is 3. The second kappa shape index (κ2) is 6.98. The third-order valence-corrected chi connectivity index (χ3v) is 3.92. The molecule has 3 heteroatoms. The molecule has 2 unspecified atom stereocenters. The molecule has 1 rings (SSSR count). The number of rotatable bonds is 7. The first-order valence-electron chi connectivity index (χ1n) is 7.04. The fraction of sp³-hybridized carbons (Fsp3) is 0.929. The average molecular weight is 237 g/mol. The molecule has 1 aliphatic heterocycles. The number of likely N-dealkylation sites (tertiary alicyclic amines) is 1. The second-order valence-electron chi connectivity index (χ2n) is 5.38. The predicted octanol–water partition coefficient (Wildman–Crippen LogP) is 2.39. The zero-order valence-corrected chi connectivity index (χ0v) is 11.6. The molecule has 0 aliphatic carbocycles. The number of hydrogen-bond donors (Lipinski definition) is 1. The van der Waals surface area contributed by atoms with Crippen LogP contribution < -0.4 is 5.32 Å². The Bertz CT molecular complexity index is 259. The van der Waals surface area contributed by atoms with Crippen LogP contribution in [0.2, 0.25) is 0 Å². The van der Waals surface area contributed by atoms with Gasteiger partial charge in [0, 0.05) is 6.54 Å². The first-order valence-corrected chi connectivity index (χ1v) is 7.04. The summed E-state index contributed by atoms with van der Waals surface area (Å²) in [5, 5.41) is 12.7. The van der Waals surface area contributed by atoms with Gasteiger partial charge in [0.25, 0.3) is 0 Å². The lowest BCUT2D eigenvalue weighted by Gasteiger charge is -2.27. The Morgan fingerprint density at radius 3 is 2.71 bits per heavy atom. The number of nitrogens with zero attached hydrogens (tertiary/aromatic N) is 2. The lowest BCUT2D eigenvalue weighted by atomic mass is 9.92. The van der Waals surface area contributed by atoms with Gasteiger partial charge in [-0.05, 0) is 51.2 Å². The van der Waals surface area contributed by atoms with Crippen molar-refractivity contribution >= 4 is 0 Å². The number of nitrogens with one attached hydrogen (secondary N) is 1. The SMILES string of the molecule is CCNC(C#N)(CC)CCCN1CCC(C)C1. The molecule has 1 saturated heterocycles. The van der Waals surface area contributed by atoms with Crippen LogP contribution in [-0.2, 0) is 0 Å². The Labute approximate surface area is 106 Å². The minimum Gasteiger partial charge on any atom is -0.303 e. The quantitative estimate of drug-likeness (QED) is 0.739. The van der Waals surface area contributed by atoms with Crippen LogP contribution >= 0.6 is 0 Å². The maximum absolute atomic E-state index is 9.32. The largest absolute Gasteiger partial charge is 0.303 e. The maximum Gasteiger partial charge on any atom is 0.106 e. The molecule has 0 saturated carbocycles. The molecule has 0 aromatic carbocycles. The van der Waals surface area contributed by atoms with Gasteiger partial charge in [0.15, 0.2) is 0 Å². The Hall–Kier alpha value is -0.590. The molecule has 2 atom stereocenters. The smallest absolute Gasteiger partial charge is 0.106 e. The summed E-state index contributed by atoms with van der Waals surface area (Å²) in [4.78, 5) is 2.54. The molecule has 0 radical (unpaired) electrons. The average Bonchev–Trinajstić information content (AvgIpc) is 2.74. The minimum atomic E-state index is -0.292. The maximum atomic E-state index is 9.32. The van der Waals surface area contributed by atoms with Gasteiger partial charge in [-0.15, -0.1) is 0 Å². The van der Waals surface area contributed by atoms with Crippen LogP contribution in [0, 0.1) is 17.2 Å².